The minimum atomic E-state index is -0.200. The summed E-state index contributed by atoms with van der Waals surface area (Å²) in [5.74, 6) is 5.10. The first-order valence-corrected chi connectivity index (χ1v) is 6.41. The van der Waals surface area contributed by atoms with Crippen molar-refractivity contribution in [1.82, 2.24) is 14.9 Å². The van der Waals surface area contributed by atoms with Crippen molar-refractivity contribution >= 4 is 5.91 Å². The Morgan fingerprint density at radius 3 is 2.81 bits per heavy atom. The van der Waals surface area contributed by atoms with Crippen LogP contribution in [-0.4, -0.2) is 39.5 Å². The normalized spacial score (nSPS) is 9.62. The summed E-state index contributed by atoms with van der Waals surface area (Å²) in [7, 11) is 1.72. The number of aliphatic hydroxyl groups is 1. The summed E-state index contributed by atoms with van der Waals surface area (Å²) < 4.78 is 0. The van der Waals surface area contributed by atoms with Gasteiger partial charge in [0.15, 0.2) is 0 Å². The summed E-state index contributed by atoms with van der Waals surface area (Å²) in [6.07, 6.45) is 4.94. The molecule has 0 aliphatic rings. The second kappa shape index (κ2) is 7.17. The van der Waals surface area contributed by atoms with Gasteiger partial charge in [-0.25, -0.2) is 4.98 Å². The lowest BCUT2D eigenvalue weighted by molar-refractivity contribution is 0.0779. The Kier molecular flexibility index (Phi) is 5.02. The lowest BCUT2D eigenvalue weighted by atomic mass is 10.2. The van der Waals surface area contributed by atoms with Gasteiger partial charge in [-0.2, -0.15) is 0 Å². The van der Waals surface area contributed by atoms with Crippen molar-refractivity contribution in [2.45, 2.75) is 6.54 Å². The van der Waals surface area contributed by atoms with E-state index in [1.54, 1.807) is 36.5 Å². The van der Waals surface area contributed by atoms with E-state index in [0.717, 1.165) is 5.56 Å². The fraction of sp³-hybridized carbons (Fsp3) is 0.188. The molecular formula is C16H15N3O2. The van der Waals surface area contributed by atoms with E-state index in [-0.39, 0.29) is 12.5 Å². The predicted molar refractivity (Wildman–Crippen MR) is 78.2 cm³/mol. The molecular weight excluding hydrogens is 266 g/mol. The third-order valence-corrected chi connectivity index (χ3v) is 2.78. The maximum atomic E-state index is 12.2. The van der Waals surface area contributed by atoms with E-state index in [0.29, 0.717) is 17.8 Å². The van der Waals surface area contributed by atoms with Gasteiger partial charge in [-0.15, -0.1) is 0 Å². The third kappa shape index (κ3) is 4.13. The molecule has 0 radical (unpaired) electrons. The van der Waals surface area contributed by atoms with Crippen LogP contribution < -0.4 is 0 Å². The Balaban J connectivity index is 2.05. The molecule has 0 aromatic carbocycles. The summed E-state index contributed by atoms with van der Waals surface area (Å²) >= 11 is 0. The molecule has 1 amide bonds. The molecule has 2 aromatic rings. The second-order valence-electron chi connectivity index (χ2n) is 4.41. The zero-order chi connectivity index (χ0) is 15.1. The molecule has 2 aromatic heterocycles. The Bertz CT molecular complexity index is 657. The molecule has 21 heavy (non-hydrogen) atoms. The molecule has 2 heterocycles. The number of hydrogen-bond acceptors (Lipinski definition) is 4. The van der Waals surface area contributed by atoms with E-state index >= 15 is 0 Å². The maximum absolute atomic E-state index is 12.2. The highest BCUT2D eigenvalue weighted by molar-refractivity contribution is 5.92. The minimum Gasteiger partial charge on any atom is -0.384 e. The quantitative estimate of drug-likeness (QED) is 0.855. The lowest BCUT2D eigenvalue weighted by Gasteiger charge is -2.16. The van der Waals surface area contributed by atoms with Crippen molar-refractivity contribution in [2.75, 3.05) is 13.7 Å². The topological polar surface area (TPSA) is 66.3 Å². The number of nitrogens with zero attached hydrogens (tertiary/aromatic N) is 3. The first-order valence-electron chi connectivity index (χ1n) is 6.41. The van der Waals surface area contributed by atoms with Crippen LogP contribution in [0.3, 0.4) is 0 Å². The van der Waals surface area contributed by atoms with Crippen LogP contribution >= 0.6 is 0 Å². The largest absolute Gasteiger partial charge is 0.384 e. The van der Waals surface area contributed by atoms with Crippen LogP contribution in [0, 0.1) is 11.8 Å². The van der Waals surface area contributed by atoms with Gasteiger partial charge in [0.1, 0.15) is 12.3 Å². The molecule has 0 atom stereocenters. The van der Waals surface area contributed by atoms with Gasteiger partial charge in [-0.1, -0.05) is 17.9 Å². The van der Waals surface area contributed by atoms with Crippen molar-refractivity contribution in [1.29, 1.82) is 0 Å². The van der Waals surface area contributed by atoms with Gasteiger partial charge < -0.3 is 10.0 Å². The average molecular weight is 281 g/mol. The molecule has 106 valence electrons. The molecule has 0 aliphatic carbocycles. The molecule has 0 fully saturated rings. The number of hydrogen-bond donors (Lipinski definition) is 1. The summed E-state index contributed by atoms with van der Waals surface area (Å²) in [6, 6.07) is 7.09. The molecule has 5 nitrogen and oxygen atoms in total. The van der Waals surface area contributed by atoms with E-state index in [2.05, 4.69) is 21.8 Å². The molecule has 0 unspecified atom stereocenters. The van der Waals surface area contributed by atoms with Gasteiger partial charge in [-0.3, -0.25) is 9.78 Å². The minimum absolute atomic E-state index is 0.166. The Labute approximate surface area is 123 Å². The van der Waals surface area contributed by atoms with E-state index in [1.807, 2.05) is 12.1 Å². The van der Waals surface area contributed by atoms with Gasteiger partial charge in [0.2, 0.25) is 0 Å². The summed E-state index contributed by atoms with van der Waals surface area (Å²) in [5.41, 5.74) is 1.98. The predicted octanol–water partition coefficient (Wildman–Crippen LogP) is 1.09. The Morgan fingerprint density at radius 2 is 2.19 bits per heavy atom. The van der Waals surface area contributed by atoms with Crippen molar-refractivity contribution in [3.63, 3.8) is 0 Å². The van der Waals surface area contributed by atoms with Crippen LogP contribution in [0.25, 0.3) is 0 Å². The summed E-state index contributed by atoms with van der Waals surface area (Å²) in [6.45, 7) is 0.273. The van der Waals surface area contributed by atoms with Crippen LogP contribution in [0.2, 0.25) is 0 Å². The van der Waals surface area contributed by atoms with Crippen molar-refractivity contribution in [2.24, 2.45) is 0 Å². The monoisotopic (exact) mass is 281 g/mol. The number of rotatable bonds is 3. The highest BCUT2D eigenvalue weighted by Crippen LogP contribution is 2.06. The zero-order valence-corrected chi connectivity index (χ0v) is 11.7. The van der Waals surface area contributed by atoms with Gasteiger partial charge in [0, 0.05) is 37.7 Å². The highest BCUT2D eigenvalue weighted by Gasteiger charge is 2.13. The van der Waals surface area contributed by atoms with Gasteiger partial charge in [0.25, 0.3) is 5.91 Å². The van der Waals surface area contributed by atoms with E-state index in [4.69, 9.17) is 5.11 Å². The number of carbonyl (C=O) groups is 1. The molecule has 0 aliphatic heterocycles. The van der Waals surface area contributed by atoms with Gasteiger partial charge in [0.05, 0.1) is 0 Å². The van der Waals surface area contributed by atoms with E-state index < -0.39 is 0 Å². The zero-order valence-electron chi connectivity index (χ0n) is 11.7. The second-order valence-corrected chi connectivity index (χ2v) is 4.41. The fourth-order valence-corrected chi connectivity index (χ4v) is 1.77. The van der Waals surface area contributed by atoms with Crippen LogP contribution in [-0.2, 0) is 6.54 Å². The third-order valence-electron chi connectivity index (χ3n) is 2.78. The SMILES string of the molecule is CN(Cc1cccnc1)C(=O)c1ccc(C#CCO)cn1. The highest BCUT2D eigenvalue weighted by atomic mass is 16.2. The number of amides is 1. The van der Waals surface area contributed by atoms with Crippen LogP contribution in [0.4, 0.5) is 0 Å². The number of carbonyl (C=O) groups excluding carboxylic acids is 1. The first kappa shape index (κ1) is 14.7. The maximum Gasteiger partial charge on any atom is 0.272 e. The molecule has 0 saturated heterocycles. The Hall–Kier alpha value is -2.71. The molecule has 0 bridgehead atoms. The molecule has 0 spiro atoms. The lowest BCUT2D eigenvalue weighted by Crippen LogP contribution is -2.27. The smallest absolute Gasteiger partial charge is 0.272 e. The Morgan fingerprint density at radius 1 is 1.33 bits per heavy atom. The van der Waals surface area contributed by atoms with Gasteiger partial charge >= 0.3 is 0 Å². The average Bonchev–Trinajstić information content (AvgIpc) is 2.53. The number of pyridine rings is 2. The number of aromatic nitrogens is 2. The standard InChI is InChI=1S/C16H15N3O2/c1-19(12-14-4-2-8-17-10-14)16(21)15-7-6-13(11-18-15)5-3-9-20/h2,4,6-8,10-11,20H,9,12H2,1H3. The first-order chi connectivity index (χ1) is 10.2. The van der Waals surface area contributed by atoms with Crippen LogP contribution in [0.15, 0.2) is 42.9 Å². The van der Waals surface area contributed by atoms with E-state index in [9.17, 15) is 4.79 Å². The van der Waals surface area contributed by atoms with Crippen molar-refractivity contribution < 1.29 is 9.90 Å². The summed E-state index contributed by atoms with van der Waals surface area (Å²) in [4.78, 5) is 21.9. The molecule has 0 saturated carbocycles. The molecule has 5 heteroatoms. The van der Waals surface area contributed by atoms with Crippen molar-refractivity contribution in [3.8, 4) is 11.8 Å². The van der Waals surface area contributed by atoms with E-state index in [1.165, 1.54) is 6.20 Å². The molecule has 1 N–H and O–H groups in total. The van der Waals surface area contributed by atoms with Crippen molar-refractivity contribution in [3.05, 3.63) is 59.7 Å². The number of aliphatic hydroxyl groups excluding tert-OH is 1. The summed E-state index contributed by atoms with van der Waals surface area (Å²) in [5, 5.41) is 8.62. The fourth-order valence-electron chi connectivity index (χ4n) is 1.77. The van der Waals surface area contributed by atoms with Gasteiger partial charge in [-0.05, 0) is 23.8 Å². The van der Waals surface area contributed by atoms with Crippen LogP contribution in [0.5, 0.6) is 0 Å². The molecule has 2 rings (SSSR count). The van der Waals surface area contributed by atoms with Crippen LogP contribution in [0.1, 0.15) is 21.6 Å².